The zero-order valence-corrected chi connectivity index (χ0v) is 12.9. The molecule has 1 rings (SSSR count). The number of carbonyl (C=O) groups excluding carboxylic acids is 2. The molecule has 0 fully saturated rings. The van der Waals surface area contributed by atoms with Crippen molar-refractivity contribution in [3.05, 3.63) is 34.9 Å². The van der Waals surface area contributed by atoms with Crippen LogP contribution in [0.4, 0.5) is 0 Å². The van der Waals surface area contributed by atoms with Crippen molar-refractivity contribution in [3.8, 4) is 0 Å². The topological polar surface area (TPSA) is 101 Å². The molecule has 0 amide bonds. The molecule has 2 N–H and O–H groups in total. The number of carboxylic acids is 1. The fourth-order valence-electron chi connectivity index (χ4n) is 1.81. The maximum absolute atomic E-state index is 12.1. The standard InChI is InChI=1S/C14H15BrO6/c1-2-21-14(20)11-8(10(16)6-7-15)4-3-5-9(11)12(17)13(18)19/h3-5,12,17H,2,6-7H2,1H3,(H,18,19). The Kier molecular flexibility index (Phi) is 6.51. The number of Topliss-reactive ketones (excluding diaryl/α,β-unsaturated/α-hetero) is 1. The van der Waals surface area contributed by atoms with Crippen LogP contribution in [0.3, 0.4) is 0 Å². The summed E-state index contributed by atoms with van der Waals surface area (Å²) >= 11 is 3.13. The fourth-order valence-corrected chi connectivity index (χ4v) is 2.18. The van der Waals surface area contributed by atoms with E-state index in [9.17, 15) is 19.5 Å². The van der Waals surface area contributed by atoms with Gasteiger partial charge in [-0.1, -0.05) is 34.1 Å². The highest BCUT2D eigenvalue weighted by molar-refractivity contribution is 9.09. The summed E-state index contributed by atoms with van der Waals surface area (Å²) in [6, 6.07) is 4.12. The van der Waals surface area contributed by atoms with Gasteiger partial charge in [-0.05, 0) is 6.92 Å². The molecule has 114 valence electrons. The molecule has 21 heavy (non-hydrogen) atoms. The number of ether oxygens (including phenoxy) is 1. The number of ketones is 1. The molecule has 0 aromatic heterocycles. The summed E-state index contributed by atoms with van der Waals surface area (Å²) in [5, 5.41) is 19.0. The third-order valence-corrected chi connectivity index (χ3v) is 3.12. The molecule has 0 aliphatic heterocycles. The number of benzene rings is 1. The Balaban J connectivity index is 3.44. The molecule has 0 saturated heterocycles. The number of halogens is 1. The Morgan fingerprint density at radius 1 is 1.33 bits per heavy atom. The largest absolute Gasteiger partial charge is 0.479 e. The van der Waals surface area contributed by atoms with Gasteiger partial charge in [0.25, 0.3) is 0 Å². The van der Waals surface area contributed by atoms with Gasteiger partial charge >= 0.3 is 11.9 Å². The van der Waals surface area contributed by atoms with Crippen LogP contribution < -0.4 is 0 Å². The summed E-state index contributed by atoms with van der Waals surface area (Å²) in [7, 11) is 0. The Morgan fingerprint density at radius 2 is 2.00 bits per heavy atom. The number of aliphatic hydroxyl groups excluding tert-OH is 1. The average Bonchev–Trinajstić information content (AvgIpc) is 2.46. The molecule has 6 nitrogen and oxygen atoms in total. The minimum atomic E-state index is -1.90. The number of aliphatic hydroxyl groups is 1. The van der Waals surface area contributed by atoms with Crippen LogP contribution in [0.25, 0.3) is 0 Å². The number of carbonyl (C=O) groups is 3. The van der Waals surface area contributed by atoms with Gasteiger partial charge in [0.05, 0.1) is 12.2 Å². The third kappa shape index (κ3) is 4.12. The Bertz CT molecular complexity index is 554. The van der Waals surface area contributed by atoms with Gasteiger partial charge in [-0.25, -0.2) is 9.59 Å². The number of rotatable bonds is 7. The number of hydrogen-bond acceptors (Lipinski definition) is 5. The normalized spacial score (nSPS) is 11.8. The summed E-state index contributed by atoms with van der Waals surface area (Å²) in [5.74, 6) is -2.67. The molecule has 1 unspecified atom stereocenters. The van der Waals surface area contributed by atoms with Gasteiger partial charge in [0, 0.05) is 22.9 Å². The minimum absolute atomic E-state index is 0.0469. The first-order chi connectivity index (χ1) is 9.93. The van der Waals surface area contributed by atoms with E-state index in [4.69, 9.17) is 9.84 Å². The van der Waals surface area contributed by atoms with Crippen LogP contribution in [0.15, 0.2) is 18.2 Å². The minimum Gasteiger partial charge on any atom is -0.479 e. The molecule has 1 aromatic carbocycles. The second-order valence-electron chi connectivity index (χ2n) is 4.09. The molecule has 0 bridgehead atoms. The van der Waals surface area contributed by atoms with Crippen molar-refractivity contribution in [2.75, 3.05) is 11.9 Å². The molecular weight excluding hydrogens is 344 g/mol. The van der Waals surface area contributed by atoms with Crippen LogP contribution >= 0.6 is 15.9 Å². The van der Waals surface area contributed by atoms with Gasteiger partial charge in [-0.3, -0.25) is 4.79 Å². The zero-order valence-electron chi connectivity index (χ0n) is 11.3. The fraction of sp³-hybridized carbons (Fsp3) is 0.357. The molecule has 0 aliphatic rings. The maximum atomic E-state index is 12.1. The summed E-state index contributed by atoms with van der Waals surface area (Å²) < 4.78 is 4.86. The van der Waals surface area contributed by atoms with Crippen LogP contribution in [-0.2, 0) is 9.53 Å². The SMILES string of the molecule is CCOC(=O)c1c(C(=O)CCBr)cccc1C(O)C(=O)O. The van der Waals surface area contributed by atoms with E-state index in [1.807, 2.05) is 0 Å². The van der Waals surface area contributed by atoms with Crippen LogP contribution in [0.5, 0.6) is 0 Å². The highest BCUT2D eigenvalue weighted by atomic mass is 79.9. The van der Waals surface area contributed by atoms with Gasteiger partial charge < -0.3 is 14.9 Å². The van der Waals surface area contributed by atoms with E-state index in [1.165, 1.54) is 18.2 Å². The van der Waals surface area contributed by atoms with E-state index in [0.29, 0.717) is 5.33 Å². The monoisotopic (exact) mass is 358 g/mol. The summed E-state index contributed by atoms with van der Waals surface area (Å²) in [5.41, 5.74) is -0.299. The van der Waals surface area contributed by atoms with Crippen molar-refractivity contribution in [2.45, 2.75) is 19.4 Å². The lowest BCUT2D eigenvalue weighted by atomic mass is 9.94. The lowest BCUT2D eigenvalue weighted by Gasteiger charge is -2.15. The van der Waals surface area contributed by atoms with Crippen LogP contribution in [0.1, 0.15) is 45.7 Å². The maximum Gasteiger partial charge on any atom is 0.339 e. The molecule has 1 aromatic rings. The lowest BCUT2D eigenvalue weighted by Crippen LogP contribution is -2.20. The second kappa shape index (κ2) is 7.90. The molecule has 0 heterocycles. The van der Waals surface area contributed by atoms with E-state index >= 15 is 0 Å². The van der Waals surface area contributed by atoms with Crippen molar-refractivity contribution in [1.29, 1.82) is 0 Å². The van der Waals surface area contributed by atoms with Gasteiger partial charge in [0.2, 0.25) is 0 Å². The number of hydrogen-bond donors (Lipinski definition) is 2. The van der Waals surface area contributed by atoms with Gasteiger partial charge in [0.1, 0.15) is 0 Å². The first kappa shape index (κ1) is 17.3. The van der Waals surface area contributed by atoms with E-state index in [-0.39, 0.29) is 35.5 Å². The van der Waals surface area contributed by atoms with Crippen molar-refractivity contribution in [2.24, 2.45) is 0 Å². The third-order valence-electron chi connectivity index (χ3n) is 2.73. The van der Waals surface area contributed by atoms with E-state index in [0.717, 1.165) is 0 Å². The average molecular weight is 359 g/mol. The Hall–Kier alpha value is -1.73. The van der Waals surface area contributed by atoms with Gasteiger partial charge in [-0.15, -0.1) is 0 Å². The predicted octanol–water partition coefficient (Wildman–Crippen LogP) is 1.95. The molecule has 0 radical (unpaired) electrons. The number of esters is 1. The van der Waals surface area contributed by atoms with Crippen molar-refractivity contribution in [1.82, 2.24) is 0 Å². The molecule has 0 spiro atoms. The van der Waals surface area contributed by atoms with Crippen molar-refractivity contribution >= 4 is 33.7 Å². The Labute approximate surface area is 129 Å². The smallest absolute Gasteiger partial charge is 0.339 e. The highest BCUT2D eigenvalue weighted by Crippen LogP contribution is 2.24. The van der Waals surface area contributed by atoms with Crippen LogP contribution in [0, 0.1) is 0 Å². The highest BCUT2D eigenvalue weighted by Gasteiger charge is 2.28. The lowest BCUT2D eigenvalue weighted by molar-refractivity contribution is -0.146. The van der Waals surface area contributed by atoms with Crippen LogP contribution in [0.2, 0.25) is 0 Å². The van der Waals surface area contributed by atoms with Gasteiger partial charge in [-0.2, -0.15) is 0 Å². The quantitative estimate of drug-likeness (QED) is 0.438. The van der Waals surface area contributed by atoms with Gasteiger partial charge in [0.15, 0.2) is 11.9 Å². The van der Waals surface area contributed by atoms with Crippen molar-refractivity contribution < 1.29 is 29.3 Å². The van der Waals surface area contributed by atoms with Crippen LogP contribution in [-0.4, -0.2) is 39.9 Å². The number of aliphatic carboxylic acids is 1. The molecular formula is C14H15BrO6. The summed E-state index contributed by atoms with van der Waals surface area (Å²) in [4.78, 5) is 35.0. The molecule has 7 heteroatoms. The first-order valence-electron chi connectivity index (χ1n) is 6.24. The molecule has 1 atom stereocenters. The Morgan fingerprint density at radius 3 is 2.52 bits per heavy atom. The second-order valence-corrected chi connectivity index (χ2v) is 4.89. The van der Waals surface area contributed by atoms with E-state index in [2.05, 4.69) is 15.9 Å². The number of carboxylic acid groups (broad SMARTS) is 1. The number of alkyl halides is 1. The molecule has 0 saturated carbocycles. The van der Waals surface area contributed by atoms with Crippen molar-refractivity contribution in [3.63, 3.8) is 0 Å². The summed E-state index contributed by atoms with van der Waals surface area (Å²) in [6.45, 7) is 1.66. The zero-order chi connectivity index (χ0) is 16.0. The van der Waals surface area contributed by atoms with E-state index in [1.54, 1.807) is 6.92 Å². The first-order valence-corrected chi connectivity index (χ1v) is 7.36. The summed E-state index contributed by atoms with van der Waals surface area (Å²) in [6.07, 6.45) is -1.76. The van der Waals surface area contributed by atoms with E-state index < -0.39 is 18.0 Å². The molecule has 0 aliphatic carbocycles. The predicted molar refractivity (Wildman–Crippen MR) is 77.7 cm³/mol.